The molecule has 0 spiro atoms. The minimum atomic E-state index is 0.0913. The molecule has 0 aliphatic carbocycles. The van der Waals surface area contributed by atoms with Crippen LogP contribution in [0.2, 0.25) is 5.15 Å². The fourth-order valence-electron chi connectivity index (χ4n) is 1.71. The Kier molecular flexibility index (Phi) is 3.81. The first-order valence-corrected chi connectivity index (χ1v) is 6.26. The highest BCUT2D eigenvalue weighted by Gasteiger charge is 2.15. The van der Waals surface area contributed by atoms with Crippen LogP contribution in [0.4, 0.5) is 5.82 Å². The first-order valence-electron chi connectivity index (χ1n) is 5.88. The number of aromatic amines is 1. The molecule has 6 heteroatoms. The number of hydrogen-bond donors (Lipinski definition) is 2. The van der Waals surface area contributed by atoms with Crippen molar-refractivity contribution in [1.82, 2.24) is 20.2 Å². The topological polar surface area (TPSA) is 66.5 Å². The summed E-state index contributed by atoms with van der Waals surface area (Å²) in [6, 6.07) is 0.0913. The van der Waals surface area contributed by atoms with Crippen molar-refractivity contribution in [3.63, 3.8) is 0 Å². The quantitative estimate of drug-likeness (QED) is 0.892. The molecule has 18 heavy (non-hydrogen) atoms. The van der Waals surface area contributed by atoms with Crippen molar-refractivity contribution in [3.05, 3.63) is 34.5 Å². The Morgan fingerprint density at radius 3 is 2.72 bits per heavy atom. The van der Waals surface area contributed by atoms with E-state index in [-0.39, 0.29) is 6.04 Å². The van der Waals surface area contributed by atoms with Crippen LogP contribution in [0.15, 0.2) is 12.4 Å². The van der Waals surface area contributed by atoms with E-state index >= 15 is 0 Å². The van der Waals surface area contributed by atoms with Crippen molar-refractivity contribution < 1.29 is 0 Å². The van der Waals surface area contributed by atoms with Gasteiger partial charge in [0, 0.05) is 12.4 Å². The van der Waals surface area contributed by atoms with E-state index in [9.17, 15) is 0 Å². The summed E-state index contributed by atoms with van der Waals surface area (Å²) in [5, 5.41) is 11.8. The van der Waals surface area contributed by atoms with E-state index in [1.807, 2.05) is 20.0 Å². The van der Waals surface area contributed by atoms with Gasteiger partial charge in [0.25, 0.3) is 0 Å². The molecular weight excluding hydrogens is 250 g/mol. The van der Waals surface area contributed by atoms with Crippen LogP contribution in [0.5, 0.6) is 0 Å². The molecule has 2 N–H and O–H groups in total. The van der Waals surface area contributed by atoms with E-state index in [1.165, 1.54) is 0 Å². The number of hydrogen-bond acceptors (Lipinski definition) is 4. The van der Waals surface area contributed by atoms with E-state index in [1.54, 1.807) is 6.20 Å². The zero-order chi connectivity index (χ0) is 13.1. The minimum Gasteiger partial charge on any atom is -0.358 e. The Bertz CT molecular complexity index is 524. The third-order valence-electron chi connectivity index (χ3n) is 3.03. The maximum absolute atomic E-state index is 5.94. The van der Waals surface area contributed by atoms with Crippen LogP contribution in [0.25, 0.3) is 0 Å². The summed E-state index contributed by atoms with van der Waals surface area (Å²) in [5.41, 5.74) is 1.96. The summed E-state index contributed by atoms with van der Waals surface area (Å²) in [4.78, 5) is 7.37. The molecule has 1 unspecified atom stereocenters. The molecule has 5 nitrogen and oxygen atoms in total. The lowest BCUT2D eigenvalue weighted by molar-refractivity contribution is 0.696. The molecule has 0 aliphatic heterocycles. The Labute approximate surface area is 111 Å². The van der Waals surface area contributed by atoms with E-state index in [4.69, 9.17) is 11.6 Å². The summed E-state index contributed by atoms with van der Waals surface area (Å²) in [6.45, 7) is 6.00. The van der Waals surface area contributed by atoms with Gasteiger partial charge in [-0.05, 0) is 31.4 Å². The van der Waals surface area contributed by atoms with Gasteiger partial charge in [-0.2, -0.15) is 0 Å². The maximum Gasteiger partial charge on any atom is 0.155 e. The number of imidazole rings is 1. The first kappa shape index (κ1) is 12.8. The average molecular weight is 266 g/mol. The number of halogens is 1. The van der Waals surface area contributed by atoms with Crippen molar-refractivity contribution in [2.45, 2.75) is 33.2 Å². The summed E-state index contributed by atoms with van der Waals surface area (Å²) < 4.78 is 0. The molecule has 1 atom stereocenters. The van der Waals surface area contributed by atoms with Gasteiger partial charge in [0.05, 0.1) is 6.04 Å². The standard InChI is InChI=1S/C12H16ClN5/c1-4-9(12-14-5-6-15-12)16-11-8(3)7(2)10(13)17-18-11/h5-6,9H,4H2,1-3H3,(H,14,15)(H,16,18). The van der Waals surface area contributed by atoms with Gasteiger partial charge in [-0.25, -0.2) is 4.98 Å². The van der Waals surface area contributed by atoms with Gasteiger partial charge < -0.3 is 10.3 Å². The van der Waals surface area contributed by atoms with Gasteiger partial charge in [0.2, 0.25) is 0 Å². The normalized spacial score (nSPS) is 12.4. The van der Waals surface area contributed by atoms with Crippen LogP contribution in [0.3, 0.4) is 0 Å². The van der Waals surface area contributed by atoms with Gasteiger partial charge >= 0.3 is 0 Å². The number of rotatable bonds is 4. The third-order valence-corrected chi connectivity index (χ3v) is 3.39. The molecule has 0 fully saturated rings. The van der Waals surface area contributed by atoms with Gasteiger partial charge in [-0.3, -0.25) is 0 Å². The number of nitrogens with one attached hydrogen (secondary N) is 2. The molecule has 0 aliphatic rings. The van der Waals surface area contributed by atoms with E-state index in [0.29, 0.717) is 5.15 Å². The van der Waals surface area contributed by atoms with Crippen LogP contribution in [0.1, 0.15) is 36.3 Å². The lowest BCUT2D eigenvalue weighted by Crippen LogP contribution is -2.14. The predicted molar refractivity (Wildman–Crippen MR) is 71.8 cm³/mol. The van der Waals surface area contributed by atoms with Crippen molar-refractivity contribution in [2.75, 3.05) is 5.32 Å². The molecular formula is C12H16ClN5. The molecule has 2 heterocycles. The number of nitrogens with zero attached hydrogens (tertiary/aromatic N) is 3. The lowest BCUT2D eigenvalue weighted by atomic mass is 10.1. The predicted octanol–water partition coefficient (Wildman–Crippen LogP) is 3.03. The number of anilines is 1. The molecule has 0 bridgehead atoms. The molecule has 0 saturated carbocycles. The summed E-state index contributed by atoms with van der Waals surface area (Å²) in [6.07, 6.45) is 4.45. The fraction of sp³-hybridized carbons (Fsp3) is 0.417. The van der Waals surface area contributed by atoms with Crippen LogP contribution in [0, 0.1) is 13.8 Å². The second-order valence-electron chi connectivity index (χ2n) is 4.17. The minimum absolute atomic E-state index is 0.0913. The SMILES string of the molecule is CCC(Nc1nnc(Cl)c(C)c1C)c1ncc[nH]1. The van der Waals surface area contributed by atoms with E-state index in [0.717, 1.165) is 29.2 Å². The Balaban J connectivity index is 2.26. The van der Waals surface area contributed by atoms with E-state index in [2.05, 4.69) is 32.4 Å². The second-order valence-corrected chi connectivity index (χ2v) is 4.53. The average Bonchev–Trinajstić information content (AvgIpc) is 2.89. The van der Waals surface area contributed by atoms with Gasteiger partial charge in [0.1, 0.15) is 5.82 Å². The zero-order valence-electron chi connectivity index (χ0n) is 10.7. The number of H-pyrrole nitrogens is 1. The summed E-state index contributed by atoms with van der Waals surface area (Å²) in [5.74, 6) is 1.64. The molecule has 2 aromatic rings. The summed E-state index contributed by atoms with van der Waals surface area (Å²) in [7, 11) is 0. The second kappa shape index (κ2) is 5.35. The highest BCUT2D eigenvalue weighted by atomic mass is 35.5. The van der Waals surface area contributed by atoms with Crippen molar-refractivity contribution in [3.8, 4) is 0 Å². The molecule has 96 valence electrons. The Morgan fingerprint density at radius 1 is 1.33 bits per heavy atom. The Hall–Kier alpha value is -1.62. The largest absolute Gasteiger partial charge is 0.358 e. The highest BCUT2D eigenvalue weighted by molar-refractivity contribution is 6.30. The zero-order valence-corrected chi connectivity index (χ0v) is 11.4. The van der Waals surface area contributed by atoms with Crippen molar-refractivity contribution in [1.29, 1.82) is 0 Å². The monoisotopic (exact) mass is 265 g/mol. The smallest absolute Gasteiger partial charge is 0.155 e. The van der Waals surface area contributed by atoms with E-state index < -0.39 is 0 Å². The highest BCUT2D eigenvalue weighted by Crippen LogP contribution is 2.24. The molecule has 2 aromatic heterocycles. The van der Waals surface area contributed by atoms with Crippen LogP contribution in [-0.4, -0.2) is 20.2 Å². The Morgan fingerprint density at radius 2 is 2.11 bits per heavy atom. The molecule has 0 aromatic carbocycles. The van der Waals surface area contributed by atoms with Gasteiger partial charge in [0.15, 0.2) is 11.0 Å². The molecule has 0 amide bonds. The maximum atomic E-state index is 5.94. The number of aromatic nitrogens is 4. The van der Waals surface area contributed by atoms with Gasteiger partial charge in [-0.15, -0.1) is 10.2 Å². The fourth-order valence-corrected chi connectivity index (χ4v) is 1.89. The summed E-state index contributed by atoms with van der Waals surface area (Å²) >= 11 is 5.94. The molecule has 0 saturated heterocycles. The first-order chi connectivity index (χ1) is 8.63. The molecule has 2 rings (SSSR count). The van der Waals surface area contributed by atoms with Crippen LogP contribution in [-0.2, 0) is 0 Å². The van der Waals surface area contributed by atoms with Gasteiger partial charge in [-0.1, -0.05) is 18.5 Å². The van der Waals surface area contributed by atoms with Crippen LogP contribution >= 0.6 is 11.6 Å². The van der Waals surface area contributed by atoms with Crippen molar-refractivity contribution >= 4 is 17.4 Å². The van der Waals surface area contributed by atoms with Crippen LogP contribution < -0.4 is 5.32 Å². The van der Waals surface area contributed by atoms with Crippen molar-refractivity contribution in [2.24, 2.45) is 0 Å². The third kappa shape index (κ3) is 2.46. The lowest BCUT2D eigenvalue weighted by Gasteiger charge is -2.17. The molecule has 0 radical (unpaired) electrons.